The van der Waals surface area contributed by atoms with E-state index in [0.717, 1.165) is 36.1 Å². The molecule has 0 radical (unpaired) electrons. The first-order valence-electron chi connectivity index (χ1n) is 6.00. The lowest BCUT2D eigenvalue weighted by atomic mass is 10.2. The zero-order valence-corrected chi connectivity index (χ0v) is 14.8. The predicted octanol–water partition coefficient (Wildman–Crippen LogP) is 6.42. The third kappa shape index (κ3) is 2.91. The number of thiophene rings is 1. The summed E-state index contributed by atoms with van der Waals surface area (Å²) in [4.78, 5) is 1.15. The molecule has 0 bridgehead atoms. The van der Waals surface area contributed by atoms with Crippen LogP contribution in [0.2, 0.25) is 10.0 Å². The topological polar surface area (TPSA) is 12.0 Å². The molecule has 1 nitrogen and oxygen atoms in total. The molecule has 0 atom stereocenters. The summed E-state index contributed by atoms with van der Waals surface area (Å²) in [5.74, 6) is 0. The molecule has 1 aromatic heterocycles. The van der Waals surface area contributed by atoms with Gasteiger partial charge in [0.25, 0.3) is 0 Å². The molecule has 0 unspecified atom stereocenters. The third-order valence-corrected chi connectivity index (χ3v) is 5.81. The lowest BCUT2D eigenvalue weighted by Gasteiger charge is -2.08. The van der Waals surface area contributed by atoms with Gasteiger partial charge >= 0.3 is 0 Å². The summed E-state index contributed by atoms with van der Waals surface area (Å²) in [7, 11) is 0. The van der Waals surface area contributed by atoms with Crippen molar-refractivity contribution < 1.29 is 0 Å². The van der Waals surface area contributed by atoms with Gasteiger partial charge in [0.1, 0.15) is 0 Å². The molecule has 0 aliphatic heterocycles. The third-order valence-electron chi connectivity index (χ3n) is 2.97. The summed E-state index contributed by atoms with van der Waals surface area (Å²) in [5.41, 5.74) is 1.07. The zero-order chi connectivity index (χ0) is 14.1. The molecule has 0 spiro atoms. The quantitative estimate of drug-likeness (QED) is 0.469. The predicted molar refractivity (Wildman–Crippen MR) is 98.3 cm³/mol. The second kappa shape index (κ2) is 6.10. The van der Waals surface area contributed by atoms with Gasteiger partial charge in [-0.05, 0) is 46.9 Å². The second-order valence-electron chi connectivity index (χ2n) is 4.31. The highest BCUT2D eigenvalue weighted by atomic mass is 127. The van der Waals surface area contributed by atoms with Crippen LogP contribution in [0.5, 0.6) is 0 Å². The number of hydrogen-bond acceptors (Lipinski definition) is 2. The Bertz CT molecular complexity index is 770. The Morgan fingerprint density at radius 2 is 1.90 bits per heavy atom. The molecule has 0 saturated carbocycles. The van der Waals surface area contributed by atoms with Crippen molar-refractivity contribution in [2.75, 3.05) is 5.32 Å². The van der Waals surface area contributed by atoms with Gasteiger partial charge in [-0.2, -0.15) is 0 Å². The Balaban J connectivity index is 1.85. The molecule has 0 aliphatic carbocycles. The molecule has 3 rings (SSSR count). The fraction of sp³-hybridized carbons (Fsp3) is 0.0667. The Kier molecular flexibility index (Phi) is 4.40. The number of nitrogens with one attached hydrogen (secondary N) is 1. The first kappa shape index (κ1) is 14.4. The van der Waals surface area contributed by atoms with Crippen molar-refractivity contribution in [3.8, 4) is 0 Å². The monoisotopic (exact) mass is 433 g/mol. The van der Waals surface area contributed by atoms with Gasteiger partial charge in [0.2, 0.25) is 0 Å². The summed E-state index contributed by atoms with van der Waals surface area (Å²) in [6.45, 7) is 0.718. The Morgan fingerprint density at radius 1 is 1.10 bits per heavy atom. The van der Waals surface area contributed by atoms with Crippen LogP contribution in [0.1, 0.15) is 4.88 Å². The van der Waals surface area contributed by atoms with Crippen molar-refractivity contribution in [3.05, 3.63) is 61.0 Å². The molecule has 0 saturated heterocycles. The maximum Gasteiger partial charge on any atom is 0.0642 e. The normalized spacial score (nSPS) is 10.9. The molecular formula is C15H10Cl2INS. The first-order chi connectivity index (χ1) is 9.65. The van der Waals surface area contributed by atoms with E-state index >= 15 is 0 Å². The van der Waals surface area contributed by atoms with Crippen molar-refractivity contribution in [3.63, 3.8) is 0 Å². The van der Waals surface area contributed by atoms with Crippen LogP contribution in [0.15, 0.2) is 42.5 Å². The van der Waals surface area contributed by atoms with E-state index in [0.29, 0.717) is 0 Å². The van der Waals surface area contributed by atoms with E-state index in [1.54, 1.807) is 11.3 Å². The Morgan fingerprint density at radius 3 is 2.65 bits per heavy atom. The van der Waals surface area contributed by atoms with Gasteiger partial charge in [0, 0.05) is 29.2 Å². The minimum absolute atomic E-state index is 0.718. The standard InChI is InChI=1S/C15H10Cl2INS/c16-9-5-6-12(11(18)7-9)19-8-14-15(17)10-3-1-2-4-13(10)20-14/h1-7,19H,8H2. The van der Waals surface area contributed by atoms with E-state index in [4.69, 9.17) is 23.2 Å². The molecule has 1 N–H and O–H groups in total. The molecule has 2 aromatic carbocycles. The highest BCUT2D eigenvalue weighted by Gasteiger charge is 2.10. The fourth-order valence-corrected chi connectivity index (χ4v) is 4.49. The van der Waals surface area contributed by atoms with Crippen molar-refractivity contribution in [1.82, 2.24) is 0 Å². The lowest BCUT2D eigenvalue weighted by molar-refractivity contribution is 1.19. The van der Waals surface area contributed by atoms with Crippen LogP contribution < -0.4 is 5.32 Å². The van der Waals surface area contributed by atoms with Crippen LogP contribution >= 0.6 is 57.1 Å². The molecule has 102 valence electrons. The van der Waals surface area contributed by atoms with Gasteiger partial charge in [-0.1, -0.05) is 41.4 Å². The Labute approximate surface area is 145 Å². The molecule has 20 heavy (non-hydrogen) atoms. The maximum atomic E-state index is 6.44. The van der Waals surface area contributed by atoms with Crippen LogP contribution in [-0.2, 0) is 6.54 Å². The summed E-state index contributed by atoms with van der Waals surface area (Å²) < 4.78 is 2.33. The average molecular weight is 434 g/mol. The Hall–Kier alpha value is -0.490. The van der Waals surface area contributed by atoms with Crippen molar-refractivity contribution >= 4 is 72.9 Å². The lowest BCUT2D eigenvalue weighted by Crippen LogP contribution is -1.99. The molecule has 0 fully saturated rings. The minimum Gasteiger partial charge on any atom is -0.379 e. The first-order valence-corrected chi connectivity index (χ1v) is 8.65. The molecule has 0 aliphatic rings. The van der Waals surface area contributed by atoms with Crippen LogP contribution in [0, 0.1) is 3.57 Å². The highest BCUT2D eigenvalue weighted by Crippen LogP contribution is 2.35. The molecule has 3 aromatic rings. The van der Waals surface area contributed by atoms with E-state index in [2.05, 4.69) is 40.0 Å². The average Bonchev–Trinajstić information content (AvgIpc) is 2.75. The summed E-state index contributed by atoms with van der Waals surface area (Å²) in [6, 6.07) is 14.0. The van der Waals surface area contributed by atoms with Crippen LogP contribution in [0.4, 0.5) is 5.69 Å². The van der Waals surface area contributed by atoms with Crippen molar-refractivity contribution in [1.29, 1.82) is 0 Å². The van der Waals surface area contributed by atoms with E-state index in [9.17, 15) is 0 Å². The summed E-state index contributed by atoms with van der Waals surface area (Å²) >= 11 is 16.4. The zero-order valence-electron chi connectivity index (χ0n) is 10.3. The number of hydrogen-bond donors (Lipinski definition) is 1. The largest absolute Gasteiger partial charge is 0.379 e. The molecule has 1 heterocycles. The van der Waals surface area contributed by atoms with E-state index in [-0.39, 0.29) is 0 Å². The smallest absolute Gasteiger partial charge is 0.0642 e. The number of rotatable bonds is 3. The summed E-state index contributed by atoms with van der Waals surface area (Å²) in [5, 5.41) is 6.14. The number of benzene rings is 2. The van der Waals surface area contributed by atoms with E-state index < -0.39 is 0 Å². The van der Waals surface area contributed by atoms with E-state index in [1.807, 2.05) is 30.3 Å². The van der Waals surface area contributed by atoms with Gasteiger partial charge in [-0.3, -0.25) is 0 Å². The van der Waals surface area contributed by atoms with Gasteiger partial charge in [0.05, 0.1) is 11.6 Å². The van der Waals surface area contributed by atoms with Crippen LogP contribution in [-0.4, -0.2) is 0 Å². The number of halogens is 3. The van der Waals surface area contributed by atoms with Crippen LogP contribution in [0.3, 0.4) is 0 Å². The number of anilines is 1. The van der Waals surface area contributed by atoms with Crippen molar-refractivity contribution in [2.24, 2.45) is 0 Å². The second-order valence-corrected chi connectivity index (χ2v) is 7.43. The van der Waals surface area contributed by atoms with E-state index in [1.165, 1.54) is 4.70 Å². The maximum absolute atomic E-state index is 6.44. The van der Waals surface area contributed by atoms with Gasteiger partial charge < -0.3 is 5.32 Å². The molecule has 0 amide bonds. The van der Waals surface area contributed by atoms with Gasteiger partial charge in [-0.25, -0.2) is 0 Å². The summed E-state index contributed by atoms with van der Waals surface area (Å²) in [6.07, 6.45) is 0. The fourth-order valence-electron chi connectivity index (χ4n) is 1.99. The highest BCUT2D eigenvalue weighted by molar-refractivity contribution is 14.1. The van der Waals surface area contributed by atoms with Gasteiger partial charge in [-0.15, -0.1) is 11.3 Å². The van der Waals surface area contributed by atoms with Gasteiger partial charge in [0.15, 0.2) is 0 Å². The van der Waals surface area contributed by atoms with Crippen molar-refractivity contribution in [2.45, 2.75) is 6.54 Å². The minimum atomic E-state index is 0.718. The van der Waals surface area contributed by atoms with Crippen LogP contribution in [0.25, 0.3) is 10.1 Å². The molecular weight excluding hydrogens is 424 g/mol. The number of fused-ring (bicyclic) bond motifs is 1. The SMILES string of the molecule is Clc1ccc(NCc2sc3ccccc3c2Cl)c(I)c1. The molecule has 5 heteroatoms.